The predicted octanol–water partition coefficient (Wildman–Crippen LogP) is 3.95. The number of benzene rings is 1. The topological polar surface area (TPSA) is 61.2 Å². The minimum absolute atomic E-state index is 0.221. The number of fused-ring (bicyclic) bond motifs is 1. The molecule has 0 N–H and O–H groups in total. The minimum atomic E-state index is -0.726. The molecule has 25 heavy (non-hydrogen) atoms. The molecular formula is C19H20N2O3S. The van der Waals surface area contributed by atoms with Crippen LogP contribution in [0.3, 0.4) is 0 Å². The first kappa shape index (κ1) is 17.4. The van der Waals surface area contributed by atoms with Crippen molar-refractivity contribution < 1.29 is 9.53 Å². The largest absolute Gasteiger partial charge is 0.461 e. The number of hydrogen-bond donors (Lipinski definition) is 0. The molecule has 0 bridgehead atoms. The fourth-order valence-electron chi connectivity index (χ4n) is 2.79. The summed E-state index contributed by atoms with van der Waals surface area (Å²) in [6.45, 7) is 7.20. The highest BCUT2D eigenvalue weighted by Gasteiger charge is 2.23. The lowest BCUT2D eigenvalue weighted by Gasteiger charge is -2.16. The molecule has 3 rings (SSSR count). The molecule has 130 valence electrons. The SMILES string of the molecule is Cc1sc2ncn([C@H](C)C(=O)OC(C)C)c(=O)c2c1-c1ccccc1. The van der Waals surface area contributed by atoms with Crippen molar-refractivity contribution in [2.75, 3.05) is 0 Å². The highest BCUT2D eigenvalue weighted by atomic mass is 32.1. The highest BCUT2D eigenvalue weighted by molar-refractivity contribution is 7.19. The van der Waals surface area contributed by atoms with Gasteiger partial charge in [0, 0.05) is 10.4 Å². The lowest BCUT2D eigenvalue weighted by Crippen LogP contribution is -2.30. The lowest BCUT2D eigenvalue weighted by atomic mass is 10.0. The third kappa shape index (κ3) is 3.22. The van der Waals surface area contributed by atoms with Crippen LogP contribution in [-0.4, -0.2) is 21.6 Å². The Morgan fingerprint density at radius 1 is 1.20 bits per heavy atom. The Kier molecular flexibility index (Phi) is 4.72. The molecule has 1 atom stereocenters. The number of esters is 1. The fraction of sp³-hybridized carbons (Fsp3) is 0.316. The van der Waals surface area contributed by atoms with E-state index >= 15 is 0 Å². The fourth-order valence-corrected chi connectivity index (χ4v) is 3.79. The average molecular weight is 356 g/mol. The first-order valence-electron chi connectivity index (χ1n) is 8.16. The Labute approximate surface area is 149 Å². The van der Waals surface area contributed by atoms with E-state index in [-0.39, 0.29) is 11.7 Å². The molecule has 0 aliphatic rings. The Morgan fingerprint density at radius 3 is 2.52 bits per heavy atom. The molecule has 0 saturated heterocycles. The Balaban J connectivity index is 2.17. The number of ether oxygens (including phenoxy) is 1. The summed E-state index contributed by atoms with van der Waals surface area (Å²) in [5.41, 5.74) is 1.64. The van der Waals surface area contributed by atoms with Crippen molar-refractivity contribution >= 4 is 27.5 Å². The number of nitrogens with zero attached hydrogens (tertiary/aromatic N) is 2. The molecule has 2 heterocycles. The monoisotopic (exact) mass is 356 g/mol. The molecule has 0 spiro atoms. The molecule has 3 aromatic rings. The maximum atomic E-state index is 13.1. The minimum Gasteiger partial charge on any atom is -0.461 e. The van der Waals surface area contributed by atoms with Gasteiger partial charge in [-0.25, -0.2) is 9.78 Å². The van der Waals surface area contributed by atoms with Gasteiger partial charge in [0.15, 0.2) is 0 Å². The second kappa shape index (κ2) is 6.80. The van der Waals surface area contributed by atoms with Gasteiger partial charge in [0.2, 0.25) is 0 Å². The van der Waals surface area contributed by atoms with E-state index in [0.717, 1.165) is 16.0 Å². The zero-order valence-corrected chi connectivity index (χ0v) is 15.5. The molecule has 0 aliphatic carbocycles. The van der Waals surface area contributed by atoms with E-state index in [1.54, 1.807) is 20.8 Å². The Morgan fingerprint density at radius 2 is 1.88 bits per heavy atom. The van der Waals surface area contributed by atoms with Crippen LogP contribution in [0.5, 0.6) is 0 Å². The average Bonchev–Trinajstić information content (AvgIpc) is 2.91. The number of aromatic nitrogens is 2. The van der Waals surface area contributed by atoms with Gasteiger partial charge in [-0.2, -0.15) is 0 Å². The maximum Gasteiger partial charge on any atom is 0.329 e. The van der Waals surface area contributed by atoms with Gasteiger partial charge >= 0.3 is 5.97 Å². The van der Waals surface area contributed by atoms with Crippen molar-refractivity contribution in [1.29, 1.82) is 0 Å². The summed E-state index contributed by atoms with van der Waals surface area (Å²) < 4.78 is 6.58. The summed E-state index contributed by atoms with van der Waals surface area (Å²) in [7, 11) is 0. The van der Waals surface area contributed by atoms with Crippen LogP contribution in [0.25, 0.3) is 21.3 Å². The van der Waals surface area contributed by atoms with Crippen LogP contribution in [0.15, 0.2) is 41.5 Å². The van der Waals surface area contributed by atoms with Crippen molar-refractivity contribution in [3.8, 4) is 11.1 Å². The van der Waals surface area contributed by atoms with Gasteiger partial charge in [-0.15, -0.1) is 11.3 Å². The molecule has 0 saturated carbocycles. The lowest BCUT2D eigenvalue weighted by molar-refractivity contribution is -0.151. The summed E-state index contributed by atoms with van der Waals surface area (Å²) in [5, 5.41) is 0.556. The van der Waals surface area contributed by atoms with Crippen LogP contribution >= 0.6 is 11.3 Å². The van der Waals surface area contributed by atoms with E-state index in [4.69, 9.17) is 4.74 Å². The Hall–Kier alpha value is -2.47. The van der Waals surface area contributed by atoms with Crippen LogP contribution in [0.1, 0.15) is 31.7 Å². The van der Waals surface area contributed by atoms with Crippen LogP contribution in [0.4, 0.5) is 0 Å². The van der Waals surface area contributed by atoms with E-state index in [2.05, 4.69) is 4.98 Å². The molecule has 6 heteroatoms. The molecule has 0 radical (unpaired) electrons. The second-order valence-corrected chi connectivity index (χ2v) is 7.40. The van der Waals surface area contributed by atoms with E-state index in [9.17, 15) is 9.59 Å². The third-order valence-electron chi connectivity index (χ3n) is 3.99. The molecule has 2 aromatic heterocycles. The Bertz CT molecular complexity index is 973. The van der Waals surface area contributed by atoms with Crippen LogP contribution in [-0.2, 0) is 9.53 Å². The second-order valence-electron chi connectivity index (χ2n) is 6.20. The maximum absolute atomic E-state index is 13.1. The van der Waals surface area contributed by atoms with Gasteiger partial charge in [-0.1, -0.05) is 30.3 Å². The van der Waals surface area contributed by atoms with Gasteiger partial charge in [0.1, 0.15) is 10.9 Å². The summed E-state index contributed by atoms with van der Waals surface area (Å²) >= 11 is 1.49. The van der Waals surface area contributed by atoms with Crippen molar-refractivity contribution in [1.82, 2.24) is 9.55 Å². The van der Waals surface area contributed by atoms with Crippen LogP contribution < -0.4 is 5.56 Å². The smallest absolute Gasteiger partial charge is 0.329 e. The molecule has 1 aromatic carbocycles. The predicted molar refractivity (Wildman–Crippen MR) is 100.0 cm³/mol. The van der Waals surface area contributed by atoms with E-state index in [1.807, 2.05) is 37.3 Å². The van der Waals surface area contributed by atoms with Gasteiger partial charge in [-0.05, 0) is 33.3 Å². The number of carbonyl (C=O) groups is 1. The quantitative estimate of drug-likeness (QED) is 0.664. The standard InChI is InChI=1S/C19H20N2O3S/c1-11(2)24-19(23)12(3)21-10-20-17-16(18(21)22)15(13(4)25-17)14-8-6-5-7-9-14/h5-12H,1-4H3/t12-/m1/s1. The van der Waals surface area contributed by atoms with Crippen molar-refractivity contribution in [3.05, 3.63) is 51.9 Å². The number of hydrogen-bond acceptors (Lipinski definition) is 5. The zero-order valence-electron chi connectivity index (χ0n) is 14.6. The summed E-state index contributed by atoms with van der Waals surface area (Å²) in [6, 6.07) is 9.04. The van der Waals surface area contributed by atoms with Crippen molar-refractivity contribution in [2.45, 2.75) is 39.8 Å². The summed E-state index contributed by atoms with van der Waals surface area (Å²) in [4.78, 5) is 31.4. The van der Waals surface area contributed by atoms with Gasteiger partial charge < -0.3 is 4.74 Å². The molecule has 0 aliphatic heterocycles. The normalized spacial score (nSPS) is 12.5. The number of rotatable bonds is 4. The van der Waals surface area contributed by atoms with E-state index < -0.39 is 12.0 Å². The van der Waals surface area contributed by atoms with E-state index in [1.165, 1.54) is 22.2 Å². The first-order chi connectivity index (χ1) is 11.9. The van der Waals surface area contributed by atoms with Gasteiger partial charge in [-0.3, -0.25) is 9.36 Å². The number of carbonyl (C=O) groups excluding carboxylic acids is 1. The van der Waals surface area contributed by atoms with Gasteiger partial charge in [0.05, 0.1) is 17.8 Å². The summed E-state index contributed by atoms with van der Waals surface area (Å²) in [6.07, 6.45) is 1.20. The van der Waals surface area contributed by atoms with Crippen molar-refractivity contribution in [3.63, 3.8) is 0 Å². The first-order valence-corrected chi connectivity index (χ1v) is 8.98. The molecule has 5 nitrogen and oxygen atoms in total. The summed E-state index contributed by atoms with van der Waals surface area (Å²) in [5.74, 6) is -0.438. The van der Waals surface area contributed by atoms with E-state index in [0.29, 0.717) is 10.2 Å². The highest BCUT2D eigenvalue weighted by Crippen LogP contribution is 2.35. The van der Waals surface area contributed by atoms with Crippen LogP contribution in [0.2, 0.25) is 0 Å². The molecule has 0 unspecified atom stereocenters. The molecular weight excluding hydrogens is 336 g/mol. The van der Waals surface area contributed by atoms with Gasteiger partial charge in [0.25, 0.3) is 5.56 Å². The number of thiophene rings is 1. The molecule has 0 fully saturated rings. The number of aryl methyl sites for hydroxylation is 1. The third-order valence-corrected chi connectivity index (χ3v) is 5.00. The molecule has 0 amide bonds. The van der Waals surface area contributed by atoms with Crippen LogP contribution in [0, 0.1) is 6.92 Å². The van der Waals surface area contributed by atoms with Crippen molar-refractivity contribution in [2.24, 2.45) is 0 Å². The zero-order chi connectivity index (χ0) is 18.1.